The molecule has 0 unspecified atom stereocenters. The molecular weight excluding hydrogens is 271 g/mol. The summed E-state index contributed by atoms with van der Waals surface area (Å²) >= 11 is 0. The maximum atomic E-state index is 11.9. The summed E-state index contributed by atoms with van der Waals surface area (Å²) < 4.78 is 60.3. The Morgan fingerprint density at radius 1 is 1.33 bits per heavy atom. The van der Waals surface area contributed by atoms with Crippen molar-refractivity contribution in [2.75, 3.05) is 6.54 Å². The molecule has 0 heterocycles. The molecular formula is C10H10F3NO3S. The quantitative estimate of drug-likeness (QED) is 0.853. The van der Waals surface area contributed by atoms with Crippen molar-refractivity contribution in [3.63, 3.8) is 0 Å². The first-order chi connectivity index (χ1) is 8.15. The van der Waals surface area contributed by atoms with Gasteiger partial charge in [-0.05, 0) is 24.6 Å². The number of halogens is 3. The number of hydrogen-bond donors (Lipinski definition) is 1. The van der Waals surface area contributed by atoms with E-state index in [1.54, 1.807) is 6.92 Å². The fraction of sp³-hybridized carbons (Fsp3) is 0.300. The number of carbonyl (C=O) groups is 1. The van der Waals surface area contributed by atoms with Crippen LogP contribution in [0.3, 0.4) is 0 Å². The van der Waals surface area contributed by atoms with Crippen LogP contribution in [-0.2, 0) is 10.0 Å². The van der Waals surface area contributed by atoms with Crippen molar-refractivity contribution in [2.24, 2.45) is 0 Å². The number of sulfonamides is 1. The predicted octanol–water partition coefficient (Wildman–Crippen LogP) is 1.65. The number of carbonyl (C=O) groups excluding carboxylic acids is 1. The lowest BCUT2D eigenvalue weighted by molar-refractivity contribution is -0.121. The van der Waals surface area contributed by atoms with Gasteiger partial charge >= 0.3 is 6.18 Å². The largest absolute Gasteiger partial charge is 0.402 e. The zero-order valence-corrected chi connectivity index (χ0v) is 10.1. The Balaban J connectivity index is 3.02. The van der Waals surface area contributed by atoms with Crippen molar-refractivity contribution < 1.29 is 26.4 Å². The topological polar surface area (TPSA) is 63.2 Å². The van der Waals surface area contributed by atoms with E-state index in [2.05, 4.69) is 0 Å². The van der Waals surface area contributed by atoms with Gasteiger partial charge in [0, 0.05) is 5.56 Å². The summed E-state index contributed by atoms with van der Waals surface area (Å²) in [4.78, 5) is 10.3. The van der Waals surface area contributed by atoms with Gasteiger partial charge in [0.05, 0.1) is 4.90 Å². The van der Waals surface area contributed by atoms with E-state index < -0.39 is 22.7 Å². The van der Waals surface area contributed by atoms with Crippen LogP contribution in [0.15, 0.2) is 23.1 Å². The first-order valence-corrected chi connectivity index (χ1v) is 6.26. The fourth-order valence-corrected chi connectivity index (χ4v) is 2.22. The summed E-state index contributed by atoms with van der Waals surface area (Å²) in [5.41, 5.74) is 0.657. The Morgan fingerprint density at radius 2 is 1.94 bits per heavy atom. The molecule has 1 aromatic carbocycles. The van der Waals surface area contributed by atoms with Crippen molar-refractivity contribution in [2.45, 2.75) is 18.0 Å². The summed E-state index contributed by atoms with van der Waals surface area (Å²) in [6, 6.07) is 3.52. The van der Waals surface area contributed by atoms with Gasteiger partial charge in [0.25, 0.3) is 0 Å². The Bertz CT molecular complexity index is 552. The van der Waals surface area contributed by atoms with Crippen molar-refractivity contribution in [3.05, 3.63) is 29.3 Å². The molecule has 1 rings (SSSR count). The molecule has 8 heteroatoms. The lowest BCUT2D eigenvalue weighted by Crippen LogP contribution is -2.33. The van der Waals surface area contributed by atoms with Gasteiger partial charge in [-0.3, -0.25) is 4.79 Å². The van der Waals surface area contributed by atoms with Gasteiger partial charge in [0.15, 0.2) is 0 Å². The number of nitrogens with one attached hydrogen (secondary N) is 1. The number of aldehydes is 1. The van der Waals surface area contributed by atoms with E-state index in [0.29, 0.717) is 11.8 Å². The fourth-order valence-electron chi connectivity index (χ4n) is 1.17. The Labute approximate surface area is 102 Å². The lowest BCUT2D eigenvalue weighted by atomic mass is 10.1. The second-order valence-electron chi connectivity index (χ2n) is 3.58. The van der Waals surface area contributed by atoms with E-state index in [-0.39, 0.29) is 10.5 Å². The second kappa shape index (κ2) is 5.07. The monoisotopic (exact) mass is 281 g/mol. The Morgan fingerprint density at radius 3 is 2.44 bits per heavy atom. The second-order valence-corrected chi connectivity index (χ2v) is 5.34. The minimum absolute atomic E-state index is 0.116. The van der Waals surface area contributed by atoms with Gasteiger partial charge < -0.3 is 0 Å². The van der Waals surface area contributed by atoms with Crippen molar-refractivity contribution >= 4 is 16.3 Å². The van der Waals surface area contributed by atoms with Crippen LogP contribution < -0.4 is 4.72 Å². The molecule has 0 bridgehead atoms. The highest BCUT2D eigenvalue weighted by Crippen LogP contribution is 2.17. The van der Waals surface area contributed by atoms with Gasteiger partial charge in [0.2, 0.25) is 10.0 Å². The molecule has 0 fully saturated rings. The molecule has 4 nitrogen and oxygen atoms in total. The van der Waals surface area contributed by atoms with Gasteiger partial charge in [-0.1, -0.05) is 6.07 Å². The summed E-state index contributed by atoms with van der Waals surface area (Å²) in [7, 11) is -4.27. The smallest absolute Gasteiger partial charge is 0.298 e. The minimum atomic E-state index is -4.63. The van der Waals surface area contributed by atoms with Crippen molar-refractivity contribution in [3.8, 4) is 0 Å². The lowest BCUT2D eigenvalue weighted by Gasteiger charge is -2.10. The molecule has 0 spiro atoms. The highest BCUT2D eigenvalue weighted by molar-refractivity contribution is 7.89. The van der Waals surface area contributed by atoms with Crippen LogP contribution >= 0.6 is 0 Å². The molecule has 0 aliphatic rings. The highest BCUT2D eigenvalue weighted by atomic mass is 32.2. The standard InChI is InChI=1S/C10H10F3NO3S/c1-7-2-3-9(4-8(7)5-15)18(16,17)14-6-10(11,12)13/h2-5,14H,6H2,1H3. The molecule has 1 aromatic rings. The Kier molecular flexibility index (Phi) is 4.12. The molecule has 0 amide bonds. The summed E-state index contributed by atoms with van der Waals surface area (Å²) in [5.74, 6) is 0. The molecule has 1 N–H and O–H groups in total. The third-order valence-electron chi connectivity index (χ3n) is 2.15. The first kappa shape index (κ1) is 14.7. The third kappa shape index (κ3) is 3.81. The van der Waals surface area contributed by atoms with Crippen LogP contribution in [0.1, 0.15) is 15.9 Å². The summed E-state index contributed by atoms with van der Waals surface area (Å²) in [6.45, 7) is -0.0666. The Hall–Kier alpha value is -1.41. The average molecular weight is 281 g/mol. The number of benzene rings is 1. The van der Waals surface area contributed by atoms with E-state index >= 15 is 0 Å². The van der Waals surface area contributed by atoms with Gasteiger partial charge in [-0.15, -0.1) is 0 Å². The normalized spacial score (nSPS) is 12.4. The van der Waals surface area contributed by atoms with E-state index in [1.165, 1.54) is 10.8 Å². The SMILES string of the molecule is Cc1ccc(S(=O)(=O)NCC(F)(F)F)cc1C=O. The van der Waals surface area contributed by atoms with E-state index in [4.69, 9.17) is 0 Å². The molecule has 0 aromatic heterocycles. The van der Waals surface area contributed by atoms with Gasteiger partial charge in [0.1, 0.15) is 12.8 Å². The molecule has 0 atom stereocenters. The number of alkyl halides is 3. The summed E-state index contributed by atoms with van der Waals surface area (Å²) in [6.07, 6.45) is -4.19. The van der Waals surface area contributed by atoms with Crippen LogP contribution in [0.4, 0.5) is 13.2 Å². The molecule has 0 saturated heterocycles. The first-order valence-electron chi connectivity index (χ1n) is 4.78. The number of hydrogen-bond acceptors (Lipinski definition) is 3. The molecule has 0 aliphatic heterocycles. The predicted molar refractivity (Wildman–Crippen MR) is 57.8 cm³/mol. The van der Waals surface area contributed by atoms with Crippen molar-refractivity contribution in [1.82, 2.24) is 4.72 Å². The van der Waals surface area contributed by atoms with E-state index in [0.717, 1.165) is 12.1 Å². The van der Waals surface area contributed by atoms with Crippen LogP contribution in [0, 0.1) is 6.92 Å². The number of aryl methyl sites for hydroxylation is 1. The number of rotatable bonds is 4. The maximum absolute atomic E-state index is 11.9. The molecule has 18 heavy (non-hydrogen) atoms. The van der Waals surface area contributed by atoms with Crippen LogP contribution in [0.25, 0.3) is 0 Å². The molecule has 0 saturated carbocycles. The van der Waals surface area contributed by atoms with Gasteiger partial charge in [-0.2, -0.15) is 13.2 Å². The molecule has 100 valence electrons. The third-order valence-corrected chi connectivity index (χ3v) is 3.55. The highest BCUT2D eigenvalue weighted by Gasteiger charge is 2.30. The van der Waals surface area contributed by atoms with Crippen LogP contribution in [0.2, 0.25) is 0 Å². The zero-order chi connectivity index (χ0) is 14.0. The minimum Gasteiger partial charge on any atom is -0.298 e. The van der Waals surface area contributed by atoms with Crippen LogP contribution in [0.5, 0.6) is 0 Å². The van der Waals surface area contributed by atoms with Crippen LogP contribution in [-0.4, -0.2) is 27.4 Å². The van der Waals surface area contributed by atoms with Gasteiger partial charge in [-0.25, -0.2) is 13.1 Å². The summed E-state index contributed by atoms with van der Waals surface area (Å²) in [5, 5.41) is 0. The maximum Gasteiger partial charge on any atom is 0.402 e. The van der Waals surface area contributed by atoms with Crippen molar-refractivity contribution in [1.29, 1.82) is 0 Å². The van der Waals surface area contributed by atoms with E-state index in [9.17, 15) is 26.4 Å². The molecule has 0 aliphatic carbocycles. The average Bonchev–Trinajstić information content (AvgIpc) is 2.26. The molecule has 0 radical (unpaired) electrons. The van der Waals surface area contributed by atoms with E-state index in [1.807, 2.05) is 0 Å². The zero-order valence-electron chi connectivity index (χ0n) is 9.28.